The Balaban J connectivity index is 0. The maximum atomic E-state index is 11.6. The molecule has 16 heteroatoms. The van der Waals surface area contributed by atoms with E-state index in [2.05, 4.69) is 19.5 Å². The van der Waals surface area contributed by atoms with E-state index in [0.29, 0.717) is 5.84 Å². The van der Waals surface area contributed by atoms with Gasteiger partial charge in [0.1, 0.15) is 6.10 Å². The lowest BCUT2D eigenvalue weighted by atomic mass is 9.81. The van der Waals surface area contributed by atoms with Crippen molar-refractivity contribution in [2.75, 3.05) is 14.1 Å². The Morgan fingerprint density at radius 3 is 1.78 bits per heavy atom. The number of nitrogens with two attached hydrogens (primary N) is 1. The second kappa shape index (κ2) is 21.5. The second-order valence-corrected chi connectivity index (χ2v) is 12.7. The molecule has 0 aliphatic carbocycles. The molecule has 0 aromatic heterocycles. The second-order valence-electron chi connectivity index (χ2n) is 11.7. The third-order valence-corrected chi connectivity index (χ3v) is 7.88. The number of carbonyl (C=O) groups excluding carboxylic acids is 1. The quantitative estimate of drug-likeness (QED) is 0.101. The molecule has 2 aliphatic heterocycles. The van der Waals surface area contributed by atoms with E-state index in [4.69, 9.17) is 25.1 Å². The van der Waals surface area contributed by atoms with Crippen LogP contribution in [0.15, 0.2) is 16.8 Å². The average Bonchev–Trinajstić information content (AvgIpc) is 2.95. The number of aliphatic hydroxyl groups excluding tert-OH is 4. The summed E-state index contributed by atoms with van der Waals surface area (Å²) in [6.07, 6.45) is -3.05. The fourth-order valence-electron chi connectivity index (χ4n) is 4.26. The normalized spacial score (nSPS) is 30.7. The van der Waals surface area contributed by atoms with Crippen molar-refractivity contribution in [3.63, 3.8) is 0 Å². The van der Waals surface area contributed by atoms with Gasteiger partial charge in [0.25, 0.3) is 5.79 Å². The van der Waals surface area contributed by atoms with Gasteiger partial charge in [0.15, 0.2) is 0 Å². The molecule has 2 aliphatic rings. The van der Waals surface area contributed by atoms with E-state index in [1.54, 1.807) is 69.5 Å². The highest BCUT2D eigenvalue weighted by molar-refractivity contribution is 7.17. The zero-order chi connectivity index (χ0) is 36.7. The zero-order valence-electron chi connectivity index (χ0n) is 28.9. The summed E-state index contributed by atoms with van der Waals surface area (Å²) in [5, 5.41) is 59.7. The summed E-state index contributed by atoms with van der Waals surface area (Å²) in [6.45, 7) is 15.2. The number of ether oxygens (including phenoxy) is 3. The van der Waals surface area contributed by atoms with E-state index < -0.39 is 60.2 Å². The first-order valence-corrected chi connectivity index (χ1v) is 15.7. The third-order valence-electron chi connectivity index (χ3n) is 7.75. The Morgan fingerprint density at radius 1 is 1.02 bits per heavy atom. The van der Waals surface area contributed by atoms with Gasteiger partial charge in [-0.2, -0.15) is 0 Å². The molecule has 13 atom stereocenters. The molecule has 0 aromatic rings. The van der Waals surface area contributed by atoms with E-state index >= 15 is 0 Å². The van der Waals surface area contributed by atoms with Gasteiger partial charge in [0.05, 0.1) is 42.2 Å². The van der Waals surface area contributed by atoms with Crippen LogP contribution in [0, 0.1) is 23.7 Å². The molecular weight excluding hydrogens is 625 g/mol. The van der Waals surface area contributed by atoms with Crippen molar-refractivity contribution in [2.45, 2.75) is 117 Å². The van der Waals surface area contributed by atoms with Crippen LogP contribution in [0.4, 0.5) is 0 Å². The van der Waals surface area contributed by atoms with Crippen molar-refractivity contribution >= 4 is 32.9 Å². The molecule has 0 saturated carbocycles. The first kappa shape index (κ1) is 45.7. The number of carboxylic acids is 2. The highest BCUT2D eigenvalue weighted by Gasteiger charge is 2.53. The smallest absolute Gasteiger partial charge is 0.370 e. The summed E-state index contributed by atoms with van der Waals surface area (Å²) < 4.78 is 16.4. The molecule has 2 heterocycles. The SMILES string of the molecule is CC(P)O[C@@]1(C(=O)O)C[C@@H](O)[C@@H](C)C([C@H](C)[C@@H](C)O)O1.CN=C(C)N.CNC(C)=O.C[C@@H](O)[C@@H](C)C1OC(C(=O)O)=C[C@@H](O)[C@H]1C. The van der Waals surface area contributed by atoms with Crippen LogP contribution in [-0.2, 0) is 28.6 Å². The number of hydrogen-bond donors (Lipinski definition) is 8. The Kier molecular flexibility index (Phi) is 21.4. The number of carboxylic acid groups (broad SMARTS) is 2. The number of carbonyl (C=O) groups is 3. The van der Waals surface area contributed by atoms with Gasteiger partial charge in [-0.3, -0.25) is 9.79 Å². The first-order valence-electron chi connectivity index (χ1n) is 15.0. The summed E-state index contributed by atoms with van der Waals surface area (Å²) in [7, 11) is 5.61. The Morgan fingerprint density at radius 2 is 1.46 bits per heavy atom. The Hall–Kier alpha value is -2.39. The minimum absolute atomic E-state index is 0.00463. The van der Waals surface area contributed by atoms with Crippen molar-refractivity contribution in [3.8, 4) is 0 Å². The molecule has 270 valence electrons. The molecule has 1 amide bonds. The summed E-state index contributed by atoms with van der Waals surface area (Å²) in [5.41, 5.74) is 5.04. The minimum Gasteiger partial charge on any atom is -0.483 e. The molecule has 1 fully saturated rings. The molecule has 1 saturated heterocycles. The monoisotopic (exact) mass is 683 g/mol. The van der Waals surface area contributed by atoms with Crippen LogP contribution in [-0.4, -0.2) is 117 Å². The number of nitrogens with one attached hydrogen (secondary N) is 1. The van der Waals surface area contributed by atoms with E-state index in [0.717, 1.165) is 0 Å². The van der Waals surface area contributed by atoms with Gasteiger partial charge >= 0.3 is 11.9 Å². The molecular formula is C30H58N3O12P. The van der Waals surface area contributed by atoms with Crippen LogP contribution >= 0.6 is 9.24 Å². The highest BCUT2D eigenvalue weighted by atomic mass is 31.0. The van der Waals surface area contributed by atoms with Crippen LogP contribution < -0.4 is 11.1 Å². The largest absolute Gasteiger partial charge is 0.483 e. The van der Waals surface area contributed by atoms with Gasteiger partial charge in [-0.15, -0.1) is 9.24 Å². The summed E-state index contributed by atoms with van der Waals surface area (Å²) in [5.74, 6) is -5.47. The summed E-state index contributed by atoms with van der Waals surface area (Å²) in [6, 6.07) is 0. The molecule has 4 unspecified atom stereocenters. The van der Waals surface area contributed by atoms with Gasteiger partial charge < -0.3 is 55.9 Å². The summed E-state index contributed by atoms with van der Waals surface area (Å²) >= 11 is 0. The van der Waals surface area contributed by atoms with Crippen LogP contribution in [0.5, 0.6) is 0 Å². The Bertz CT molecular complexity index is 1000. The fraction of sp³-hybridized carbons (Fsp3) is 0.800. The van der Waals surface area contributed by atoms with Crippen molar-refractivity contribution in [2.24, 2.45) is 34.4 Å². The van der Waals surface area contributed by atoms with Crippen LogP contribution in [0.1, 0.15) is 68.7 Å². The molecule has 2 rings (SSSR count). The average molecular weight is 684 g/mol. The van der Waals surface area contributed by atoms with Crippen LogP contribution in [0.3, 0.4) is 0 Å². The molecule has 0 aromatic carbocycles. The number of rotatable bonds is 8. The highest BCUT2D eigenvalue weighted by Crippen LogP contribution is 2.39. The number of amidine groups is 1. The lowest BCUT2D eigenvalue weighted by Crippen LogP contribution is -2.59. The van der Waals surface area contributed by atoms with Gasteiger partial charge in [-0.1, -0.05) is 27.7 Å². The third kappa shape index (κ3) is 15.5. The lowest BCUT2D eigenvalue weighted by Gasteiger charge is -2.46. The number of aliphatic hydroxyl groups is 4. The molecule has 0 bridgehead atoms. The maximum absolute atomic E-state index is 11.6. The number of nitrogens with zero attached hydrogens (tertiary/aromatic N) is 1. The van der Waals surface area contributed by atoms with Crippen molar-refractivity contribution in [1.82, 2.24) is 5.32 Å². The zero-order valence-corrected chi connectivity index (χ0v) is 30.0. The van der Waals surface area contributed by atoms with E-state index in [9.17, 15) is 39.9 Å². The minimum atomic E-state index is -1.87. The van der Waals surface area contributed by atoms with Gasteiger partial charge in [-0.25, -0.2) is 9.59 Å². The van der Waals surface area contributed by atoms with E-state index in [1.807, 2.05) is 0 Å². The van der Waals surface area contributed by atoms with Crippen LogP contribution in [0.25, 0.3) is 0 Å². The maximum Gasteiger partial charge on any atom is 0.370 e. The standard InChI is InChI=1S/C13H25O6P.C11H18O5.C3H8N2.C3H7NO/c1-6(8(3)14)11-7(2)10(15)5-13(19-11,12(16)17)18-9(4)20;1-5(7(3)12)10-6(2)8(13)4-9(16-10)11(14)15;1-3(4)5-2;1-3(5)4-2/h6-11,14-15H,5,20H2,1-4H3,(H,16,17);4-8,10,12-13H,1-3H3,(H,14,15);1-2H3,(H2,4,5);1-2H3,(H,4,5)/t6-,7-,8-,9?,10-,11?,13+;5-,6-,7-,8-,10?;;/m11../s1. The van der Waals surface area contributed by atoms with Crippen LogP contribution in [0.2, 0.25) is 0 Å². The predicted molar refractivity (Wildman–Crippen MR) is 176 cm³/mol. The predicted octanol–water partition coefficient (Wildman–Crippen LogP) is 0.921. The number of amides is 1. The van der Waals surface area contributed by atoms with Crippen molar-refractivity contribution < 1.29 is 59.2 Å². The van der Waals surface area contributed by atoms with Crippen molar-refractivity contribution in [3.05, 3.63) is 11.8 Å². The van der Waals surface area contributed by atoms with Gasteiger partial charge in [0, 0.05) is 51.1 Å². The first-order chi connectivity index (χ1) is 21.0. The topological polar surface area (TPSA) is 251 Å². The molecule has 15 nitrogen and oxygen atoms in total. The molecule has 0 spiro atoms. The number of hydrogen-bond acceptors (Lipinski definition) is 11. The van der Waals surface area contributed by atoms with E-state index in [-0.39, 0.29) is 41.8 Å². The molecule has 9 N–H and O–H groups in total. The van der Waals surface area contributed by atoms with E-state index in [1.165, 1.54) is 13.0 Å². The van der Waals surface area contributed by atoms with Crippen molar-refractivity contribution in [1.29, 1.82) is 0 Å². The molecule has 0 radical (unpaired) electrons. The Labute approximate surface area is 274 Å². The summed E-state index contributed by atoms with van der Waals surface area (Å²) in [4.78, 5) is 35.6. The lowest BCUT2D eigenvalue weighted by molar-refractivity contribution is -0.313. The number of aliphatic imine (C=N–C) groups is 1. The van der Waals surface area contributed by atoms with Gasteiger partial charge in [-0.05, 0) is 33.8 Å². The number of aliphatic carboxylic acids is 2. The van der Waals surface area contributed by atoms with Gasteiger partial charge in [0.2, 0.25) is 11.7 Å². The fourth-order valence-corrected chi connectivity index (χ4v) is 4.48. The molecule has 46 heavy (non-hydrogen) atoms.